The average Bonchev–Trinajstić information content (AvgIpc) is 2.39. The van der Waals surface area contributed by atoms with Crippen LogP contribution in [0.25, 0.3) is 0 Å². The summed E-state index contributed by atoms with van der Waals surface area (Å²) in [4.78, 5) is 12.3. The van der Waals surface area contributed by atoms with Crippen LogP contribution in [0.1, 0.15) is 49.9 Å². The molecule has 19 heavy (non-hydrogen) atoms. The molecule has 3 atom stereocenters. The number of hydrogen-bond acceptors (Lipinski definition) is 2. The molecule has 1 aliphatic carbocycles. The van der Waals surface area contributed by atoms with E-state index < -0.39 is 0 Å². The van der Waals surface area contributed by atoms with Crippen LogP contribution in [0, 0.1) is 5.92 Å². The van der Waals surface area contributed by atoms with Gasteiger partial charge in [-0.15, -0.1) is 0 Å². The maximum atomic E-state index is 12.3. The lowest BCUT2D eigenvalue weighted by Crippen LogP contribution is -2.30. The quantitative estimate of drug-likeness (QED) is 0.755. The second-order valence-corrected chi connectivity index (χ2v) is 6.46. The largest absolute Gasteiger partial charge is 0.367 e. The van der Waals surface area contributed by atoms with E-state index in [2.05, 4.69) is 22.9 Å². The Kier molecular flexibility index (Phi) is 5.17. The standard InChI is InChI=1S/C16H21BrO2/c1-11-4-3-5-15(10-11)19-12(2)16(18)13-6-8-14(17)9-7-13/h6-9,11-12,15H,3-5,10H2,1-2H3. The number of carbonyl (C=O) groups excluding carboxylic acids is 1. The van der Waals surface area contributed by atoms with Crippen LogP contribution in [-0.4, -0.2) is 18.0 Å². The van der Waals surface area contributed by atoms with Crippen molar-refractivity contribution >= 4 is 21.7 Å². The van der Waals surface area contributed by atoms with Crippen molar-refractivity contribution < 1.29 is 9.53 Å². The molecular formula is C16H21BrO2. The fourth-order valence-corrected chi connectivity index (χ4v) is 2.97. The van der Waals surface area contributed by atoms with Gasteiger partial charge in [0.15, 0.2) is 5.78 Å². The SMILES string of the molecule is CC1CCCC(OC(C)C(=O)c2ccc(Br)cc2)C1. The summed E-state index contributed by atoms with van der Waals surface area (Å²) in [5.41, 5.74) is 0.722. The number of hydrogen-bond donors (Lipinski definition) is 0. The van der Waals surface area contributed by atoms with E-state index in [4.69, 9.17) is 4.74 Å². The van der Waals surface area contributed by atoms with E-state index in [9.17, 15) is 4.79 Å². The average molecular weight is 325 g/mol. The number of halogens is 1. The van der Waals surface area contributed by atoms with Crippen LogP contribution in [-0.2, 0) is 4.74 Å². The van der Waals surface area contributed by atoms with Crippen LogP contribution in [0.5, 0.6) is 0 Å². The van der Waals surface area contributed by atoms with E-state index in [1.54, 1.807) is 0 Å². The minimum Gasteiger partial charge on any atom is -0.367 e. The summed E-state index contributed by atoms with van der Waals surface area (Å²) >= 11 is 3.38. The molecule has 0 amide bonds. The minimum atomic E-state index is -0.350. The number of Topliss-reactive ketones (excluding diaryl/α,β-unsaturated/α-hetero) is 1. The zero-order valence-corrected chi connectivity index (χ0v) is 13.2. The van der Waals surface area contributed by atoms with Gasteiger partial charge >= 0.3 is 0 Å². The first-order valence-corrected chi connectivity index (χ1v) is 7.81. The molecule has 1 saturated carbocycles. The van der Waals surface area contributed by atoms with Gasteiger partial charge in [0.25, 0.3) is 0 Å². The molecule has 104 valence electrons. The van der Waals surface area contributed by atoms with Gasteiger partial charge < -0.3 is 4.74 Å². The van der Waals surface area contributed by atoms with Crippen molar-refractivity contribution in [3.63, 3.8) is 0 Å². The molecule has 3 unspecified atom stereocenters. The first-order valence-electron chi connectivity index (χ1n) is 7.01. The molecule has 2 rings (SSSR count). The molecule has 1 fully saturated rings. The maximum absolute atomic E-state index is 12.3. The molecule has 0 N–H and O–H groups in total. The minimum absolute atomic E-state index is 0.0747. The Hall–Kier alpha value is -0.670. The van der Waals surface area contributed by atoms with Gasteiger partial charge in [0.05, 0.1) is 6.10 Å². The molecule has 0 radical (unpaired) electrons. The highest BCUT2D eigenvalue weighted by Crippen LogP contribution is 2.27. The van der Waals surface area contributed by atoms with E-state index in [0.29, 0.717) is 5.92 Å². The summed E-state index contributed by atoms with van der Waals surface area (Å²) in [6.45, 7) is 4.13. The van der Waals surface area contributed by atoms with Crippen molar-refractivity contribution in [3.05, 3.63) is 34.3 Å². The van der Waals surface area contributed by atoms with Gasteiger partial charge in [-0.1, -0.05) is 47.8 Å². The topological polar surface area (TPSA) is 26.3 Å². The summed E-state index contributed by atoms with van der Waals surface area (Å²) in [5.74, 6) is 0.791. The van der Waals surface area contributed by atoms with E-state index in [1.165, 1.54) is 12.8 Å². The van der Waals surface area contributed by atoms with Crippen molar-refractivity contribution in [2.45, 2.75) is 51.7 Å². The molecule has 0 bridgehead atoms. The lowest BCUT2D eigenvalue weighted by Gasteiger charge is -2.28. The zero-order valence-electron chi connectivity index (χ0n) is 11.6. The van der Waals surface area contributed by atoms with Crippen LogP contribution in [0.15, 0.2) is 28.7 Å². The highest BCUT2D eigenvalue weighted by molar-refractivity contribution is 9.10. The highest BCUT2D eigenvalue weighted by atomic mass is 79.9. The number of rotatable bonds is 4. The highest BCUT2D eigenvalue weighted by Gasteiger charge is 2.24. The van der Waals surface area contributed by atoms with Crippen molar-refractivity contribution in [2.75, 3.05) is 0 Å². The Balaban J connectivity index is 1.93. The number of ketones is 1. The molecule has 0 aromatic heterocycles. The van der Waals surface area contributed by atoms with Crippen LogP contribution < -0.4 is 0 Å². The normalized spacial score (nSPS) is 25.0. The second kappa shape index (κ2) is 6.67. The number of ether oxygens (including phenoxy) is 1. The van der Waals surface area contributed by atoms with Gasteiger partial charge in [0, 0.05) is 10.0 Å². The van der Waals surface area contributed by atoms with Crippen LogP contribution in [0.3, 0.4) is 0 Å². The zero-order chi connectivity index (χ0) is 13.8. The molecule has 0 spiro atoms. The first-order chi connectivity index (χ1) is 9.06. The third-order valence-electron chi connectivity index (χ3n) is 3.78. The van der Waals surface area contributed by atoms with Gasteiger partial charge in [0.2, 0.25) is 0 Å². The summed E-state index contributed by atoms with van der Waals surface area (Å²) in [7, 11) is 0. The molecule has 0 saturated heterocycles. The van der Waals surface area contributed by atoms with Crippen LogP contribution in [0.2, 0.25) is 0 Å². The monoisotopic (exact) mass is 324 g/mol. The third kappa shape index (κ3) is 4.15. The van der Waals surface area contributed by atoms with Crippen LogP contribution >= 0.6 is 15.9 Å². The van der Waals surface area contributed by atoms with Crippen molar-refractivity contribution in [3.8, 4) is 0 Å². The van der Waals surface area contributed by atoms with Gasteiger partial charge in [0.1, 0.15) is 6.10 Å². The van der Waals surface area contributed by atoms with E-state index in [-0.39, 0.29) is 18.0 Å². The molecule has 1 aliphatic rings. The van der Waals surface area contributed by atoms with Crippen molar-refractivity contribution in [1.29, 1.82) is 0 Å². The molecule has 1 aromatic carbocycles. The van der Waals surface area contributed by atoms with Crippen LogP contribution in [0.4, 0.5) is 0 Å². The second-order valence-electron chi connectivity index (χ2n) is 5.54. The molecule has 1 aromatic rings. The number of benzene rings is 1. The van der Waals surface area contributed by atoms with E-state index in [0.717, 1.165) is 22.9 Å². The Morgan fingerprint density at radius 3 is 2.63 bits per heavy atom. The summed E-state index contributed by atoms with van der Waals surface area (Å²) < 4.78 is 6.93. The summed E-state index contributed by atoms with van der Waals surface area (Å²) in [6.07, 6.45) is 4.56. The fourth-order valence-electron chi connectivity index (χ4n) is 2.70. The van der Waals surface area contributed by atoms with E-state index >= 15 is 0 Å². The predicted octanol–water partition coefficient (Wildman–Crippen LogP) is 4.62. The molecule has 3 heteroatoms. The lowest BCUT2D eigenvalue weighted by atomic mass is 9.88. The Morgan fingerprint density at radius 2 is 2.00 bits per heavy atom. The van der Waals surface area contributed by atoms with Gasteiger partial charge in [-0.2, -0.15) is 0 Å². The molecule has 2 nitrogen and oxygen atoms in total. The Bertz CT molecular complexity index is 427. The first kappa shape index (κ1) is 14.7. The molecule has 0 heterocycles. The van der Waals surface area contributed by atoms with Crippen molar-refractivity contribution in [1.82, 2.24) is 0 Å². The predicted molar refractivity (Wildman–Crippen MR) is 80.4 cm³/mol. The lowest BCUT2D eigenvalue weighted by molar-refractivity contribution is -0.0200. The maximum Gasteiger partial charge on any atom is 0.191 e. The fraction of sp³-hybridized carbons (Fsp3) is 0.562. The molecular weight excluding hydrogens is 304 g/mol. The van der Waals surface area contributed by atoms with Gasteiger partial charge in [-0.25, -0.2) is 0 Å². The Morgan fingerprint density at radius 1 is 1.32 bits per heavy atom. The van der Waals surface area contributed by atoms with Gasteiger partial charge in [-0.05, 0) is 37.8 Å². The smallest absolute Gasteiger partial charge is 0.191 e. The van der Waals surface area contributed by atoms with Crippen molar-refractivity contribution in [2.24, 2.45) is 5.92 Å². The molecule has 0 aliphatic heterocycles. The third-order valence-corrected chi connectivity index (χ3v) is 4.31. The van der Waals surface area contributed by atoms with E-state index in [1.807, 2.05) is 31.2 Å². The summed E-state index contributed by atoms with van der Waals surface area (Å²) in [6, 6.07) is 7.47. The summed E-state index contributed by atoms with van der Waals surface area (Å²) in [5, 5.41) is 0. The Labute approximate surface area is 123 Å². The number of carbonyl (C=O) groups is 1. The van der Waals surface area contributed by atoms with Gasteiger partial charge in [-0.3, -0.25) is 4.79 Å².